The Morgan fingerprint density at radius 1 is 1.44 bits per heavy atom. The van der Waals surface area contributed by atoms with E-state index in [4.69, 9.17) is 4.74 Å². The molecule has 1 fully saturated rings. The normalized spacial score (nSPS) is 20.9. The molecule has 0 saturated carbocycles. The molecule has 1 aromatic rings. The molecule has 0 amide bonds. The molecule has 0 aromatic heterocycles. The number of nitrogens with one attached hydrogen (secondary N) is 1. The maximum absolute atomic E-state index is 13.3. The van der Waals surface area contributed by atoms with Crippen LogP contribution >= 0.6 is 0 Å². The zero-order valence-corrected chi connectivity index (χ0v) is 10.5. The Balaban J connectivity index is 1.81. The van der Waals surface area contributed by atoms with Crippen LogP contribution < -0.4 is 10.1 Å². The van der Waals surface area contributed by atoms with E-state index in [1.807, 2.05) is 0 Å². The van der Waals surface area contributed by atoms with Crippen LogP contribution in [0.3, 0.4) is 0 Å². The number of piperazine rings is 1. The Morgan fingerprint density at radius 3 is 3.00 bits per heavy atom. The van der Waals surface area contributed by atoms with Gasteiger partial charge in [0.05, 0.1) is 0 Å². The Morgan fingerprint density at radius 2 is 2.28 bits per heavy atom. The number of nitrogens with zero attached hydrogens (tertiary/aromatic N) is 1. The van der Waals surface area contributed by atoms with Gasteiger partial charge in [-0.25, -0.2) is 8.78 Å². The predicted octanol–water partition coefficient (Wildman–Crippen LogP) is 1.64. The van der Waals surface area contributed by atoms with Gasteiger partial charge in [-0.3, -0.25) is 4.90 Å². The van der Waals surface area contributed by atoms with Crippen LogP contribution in [0.1, 0.15) is 6.92 Å². The minimum absolute atomic E-state index is 0.110. The van der Waals surface area contributed by atoms with E-state index in [-0.39, 0.29) is 5.75 Å². The van der Waals surface area contributed by atoms with Crippen molar-refractivity contribution in [3.8, 4) is 5.75 Å². The number of halogens is 2. The standard InChI is InChI=1S/C13H18F2N2O/c1-10-9-16-4-5-17(10)6-7-18-13-3-2-11(14)8-12(13)15/h2-3,8,10,16H,4-7,9H2,1H3/t10-/m0/s1. The van der Waals surface area contributed by atoms with Crippen LogP contribution in [-0.2, 0) is 0 Å². The van der Waals surface area contributed by atoms with Crippen molar-refractivity contribution < 1.29 is 13.5 Å². The van der Waals surface area contributed by atoms with Crippen molar-refractivity contribution >= 4 is 0 Å². The number of hydrogen-bond donors (Lipinski definition) is 1. The zero-order chi connectivity index (χ0) is 13.0. The molecule has 5 heteroatoms. The van der Waals surface area contributed by atoms with E-state index in [9.17, 15) is 8.78 Å². The average molecular weight is 256 g/mol. The lowest BCUT2D eigenvalue weighted by molar-refractivity contribution is 0.142. The molecule has 0 spiro atoms. The van der Waals surface area contributed by atoms with Crippen LogP contribution in [0.4, 0.5) is 8.78 Å². The molecule has 0 aliphatic carbocycles. The summed E-state index contributed by atoms with van der Waals surface area (Å²) in [5, 5.41) is 3.30. The van der Waals surface area contributed by atoms with Gasteiger partial charge in [0, 0.05) is 38.3 Å². The van der Waals surface area contributed by atoms with Gasteiger partial charge in [-0.2, -0.15) is 0 Å². The molecule has 1 saturated heterocycles. The summed E-state index contributed by atoms with van der Waals surface area (Å²) < 4.78 is 31.3. The van der Waals surface area contributed by atoms with Crippen molar-refractivity contribution in [1.29, 1.82) is 0 Å². The van der Waals surface area contributed by atoms with Gasteiger partial charge in [-0.05, 0) is 19.1 Å². The summed E-state index contributed by atoms with van der Waals surface area (Å²) in [7, 11) is 0. The molecule has 1 aromatic carbocycles. The second-order valence-electron chi connectivity index (χ2n) is 4.51. The third-order valence-electron chi connectivity index (χ3n) is 3.17. The molecule has 3 nitrogen and oxygen atoms in total. The highest BCUT2D eigenvalue weighted by Crippen LogP contribution is 2.17. The van der Waals surface area contributed by atoms with Crippen LogP contribution in [0.25, 0.3) is 0 Å². The number of rotatable bonds is 4. The van der Waals surface area contributed by atoms with Gasteiger partial charge >= 0.3 is 0 Å². The molecule has 18 heavy (non-hydrogen) atoms. The van der Waals surface area contributed by atoms with Crippen molar-refractivity contribution in [3.63, 3.8) is 0 Å². The summed E-state index contributed by atoms with van der Waals surface area (Å²) in [6, 6.07) is 3.82. The molecule has 0 unspecified atom stereocenters. The highest BCUT2D eigenvalue weighted by atomic mass is 19.1. The van der Waals surface area contributed by atoms with Gasteiger partial charge in [0.2, 0.25) is 0 Å². The van der Waals surface area contributed by atoms with Gasteiger partial charge in [-0.1, -0.05) is 0 Å². The van der Waals surface area contributed by atoms with Crippen LogP contribution in [0.15, 0.2) is 18.2 Å². The maximum atomic E-state index is 13.3. The van der Waals surface area contributed by atoms with Gasteiger partial charge in [0.1, 0.15) is 12.4 Å². The molecule has 0 radical (unpaired) electrons. The van der Waals surface area contributed by atoms with Crippen LogP contribution in [0, 0.1) is 11.6 Å². The smallest absolute Gasteiger partial charge is 0.167 e. The second kappa shape index (κ2) is 6.11. The molecule has 2 rings (SSSR count). The molecule has 0 bridgehead atoms. The first-order valence-electron chi connectivity index (χ1n) is 6.19. The van der Waals surface area contributed by atoms with Gasteiger partial charge in [-0.15, -0.1) is 0 Å². The predicted molar refractivity (Wildman–Crippen MR) is 65.8 cm³/mol. The zero-order valence-electron chi connectivity index (χ0n) is 10.5. The fraction of sp³-hybridized carbons (Fsp3) is 0.538. The summed E-state index contributed by atoms with van der Waals surface area (Å²) in [5.41, 5.74) is 0. The molecule has 1 atom stereocenters. The molecular formula is C13H18F2N2O. The highest BCUT2D eigenvalue weighted by molar-refractivity contribution is 5.24. The number of ether oxygens (including phenoxy) is 1. The molecular weight excluding hydrogens is 238 g/mol. The molecule has 1 aliphatic rings. The van der Waals surface area contributed by atoms with E-state index < -0.39 is 11.6 Å². The quantitative estimate of drug-likeness (QED) is 0.886. The largest absolute Gasteiger partial charge is 0.489 e. The van der Waals surface area contributed by atoms with E-state index in [2.05, 4.69) is 17.1 Å². The minimum atomic E-state index is -0.650. The van der Waals surface area contributed by atoms with E-state index in [1.54, 1.807) is 0 Å². The number of hydrogen-bond acceptors (Lipinski definition) is 3. The van der Waals surface area contributed by atoms with Crippen LogP contribution in [0.2, 0.25) is 0 Å². The Bertz CT molecular complexity index is 401. The molecule has 1 heterocycles. The van der Waals surface area contributed by atoms with Crippen molar-refractivity contribution in [2.45, 2.75) is 13.0 Å². The average Bonchev–Trinajstić information content (AvgIpc) is 2.34. The summed E-state index contributed by atoms with van der Waals surface area (Å²) >= 11 is 0. The number of benzene rings is 1. The van der Waals surface area contributed by atoms with Gasteiger partial charge < -0.3 is 10.1 Å². The van der Waals surface area contributed by atoms with Crippen molar-refractivity contribution in [2.24, 2.45) is 0 Å². The Hall–Kier alpha value is -1.20. The topological polar surface area (TPSA) is 24.5 Å². The van der Waals surface area contributed by atoms with Crippen molar-refractivity contribution in [1.82, 2.24) is 10.2 Å². The third-order valence-corrected chi connectivity index (χ3v) is 3.17. The fourth-order valence-electron chi connectivity index (χ4n) is 2.08. The van der Waals surface area contributed by atoms with E-state index in [0.29, 0.717) is 12.6 Å². The van der Waals surface area contributed by atoms with E-state index in [0.717, 1.165) is 32.2 Å². The van der Waals surface area contributed by atoms with Crippen molar-refractivity contribution in [2.75, 3.05) is 32.8 Å². The minimum Gasteiger partial charge on any atom is -0.489 e. The van der Waals surface area contributed by atoms with Crippen LogP contribution in [-0.4, -0.2) is 43.7 Å². The first-order valence-corrected chi connectivity index (χ1v) is 6.19. The first kappa shape index (κ1) is 13.2. The molecule has 100 valence electrons. The summed E-state index contributed by atoms with van der Waals surface area (Å²) in [6.07, 6.45) is 0. The second-order valence-corrected chi connectivity index (χ2v) is 4.51. The van der Waals surface area contributed by atoms with Gasteiger partial charge in [0.15, 0.2) is 11.6 Å². The summed E-state index contributed by atoms with van der Waals surface area (Å²) in [4.78, 5) is 2.29. The van der Waals surface area contributed by atoms with Gasteiger partial charge in [0.25, 0.3) is 0 Å². The van der Waals surface area contributed by atoms with Crippen molar-refractivity contribution in [3.05, 3.63) is 29.8 Å². The monoisotopic (exact) mass is 256 g/mol. The first-order chi connectivity index (χ1) is 8.66. The SMILES string of the molecule is C[C@H]1CNCCN1CCOc1ccc(F)cc1F. The van der Waals surface area contributed by atoms with Crippen LogP contribution in [0.5, 0.6) is 5.75 Å². The molecule has 1 N–H and O–H groups in total. The summed E-state index contributed by atoms with van der Waals surface area (Å²) in [5.74, 6) is -1.13. The molecule has 1 aliphatic heterocycles. The lowest BCUT2D eigenvalue weighted by atomic mass is 10.2. The lowest BCUT2D eigenvalue weighted by Gasteiger charge is -2.33. The Labute approximate surface area is 106 Å². The summed E-state index contributed by atoms with van der Waals surface area (Å²) in [6.45, 7) is 6.20. The maximum Gasteiger partial charge on any atom is 0.167 e. The van der Waals surface area contributed by atoms with E-state index >= 15 is 0 Å². The lowest BCUT2D eigenvalue weighted by Crippen LogP contribution is -2.50. The van der Waals surface area contributed by atoms with E-state index in [1.165, 1.54) is 12.1 Å². The fourth-order valence-corrected chi connectivity index (χ4v) is 2.08. The Kier molecular flexibility index (Phi) is 4.49. The third kappa shape index (κ3) is 3.40. The highest BCUT2D eigenvalue weighted by Gasteiger charge is 2.17.